The van der Waals surface area contributed by atoms with Gasteiger partial charge in [0.25, 0.3) is 0 Å². The summed E-state index contributed by atoms with van der Waals surface area (Å²) < 4.78 is 34.7. The molecule has 330 valence electrons. The predicted octanol–water partition coefficient (Wildman–Crippen LogP) is 6.27. The summed E-state index contributed by atoms with van der Waals surface area (Å²) in [5.41, 5.74) is -3.53. The topological polar surface area (TPSA) is 182 Å². The molecule has 0 spiro atoms. The molecule has 7 rings (SSSR count). The third-order valence-electron chi connectivity index (χ3n) is 13.9. The molecular weight excluding hydrogens is 798 g/mol. The first-order valence-corrected chi connectivity index (χ1v) is 21.2. The first-order chi connectivity index (χ1) is 29.2. The number of aromatic nitrogens is 1. The molecule has 8 atom stereocenters. The highest BCUT2D eigenvalue weighted by Crippen LogP contribution is 2.70. The molecule has 1 unspecified atom stereocenters. The number of ether oxygens (including phenoxy) is 3. The number of nitrogens with one attached hydrogen (secondary N) is 1. The molecule has 1 aromatic heterocycles. The molecule has 0 aliphatic heterocycles. The average molecular weight is 854 g/mol. The van der Waals surface area contributed by atoms with Gasteiger partial charge in [0.15, 0.2) is 23.8 Å². The Morgan fingerprint density at radius 1 is 0.984 bits per heavy atom. The molecule has 3 fully saturated rings. The summed E-state index contributed by atoms with van der Waals surface area (Å²) in [7, 11) is 3.61. The number of Topliss-reactive ketones (excluding diaryl/α,β-unsaturated/α-hetero) is 1. The zero-order chi connectivity index (χ0) is 44.8. The molecule has 0 bridgehead atoms. The minimum Gasteiger partial charge on any atom is -0.461 e. The third-order valence-corrected chi connectivity index (χ3v) is 13.9. The van der Waals surface area contributed by atoms with Crippen LogP contribution >= 0.6 is 0 Å². The minimum absolute atomic E-state index is 0.0772. The van der Waals surface area contributed by atoms with Gasteiger partial charge in [0.2, 0.25) is 11.7 Å². The highest BCUT2D eigenvalue weighted by molar-refractivity contribution is 6.01. The fraction of sp³-hybridized carbons (Fsp3) is 0.500. The SMILES string of the molecule is CN(C)C(C(=O)Nc1ccc2cnccc2c1)c1ccc(COC(=O)CCC(=O)OCC(=O)[C@@]2(OC(C)(C)O)CC[C@H]3[C@@H]4CCC5=CC(=O)C=C[C@]5(C)[C@@]4(F)[C@@H](O)C[C@@]32C)cc1. The molecule has 3 aromatic rings. The van der Waals surface area contributed by atoms with Crippen molar-refractivity contribution in [1.82, 2.24) is 9.88 Å². The van der Waals surface area contributed by atoms with Gasteiger partial charge in [-0.15, -0.1) is 0 Å². The molecule has 3 N–H and O–H groups in total. The number of halogens is 1. The number of ketones is 2. The van der Waals surface area contributed by atoms with E-state index in [9.17, 15) is 34.2 Å². The Morgan fingerprint density at radius 2 is 1.69 bits per heavy atom. The number of hydrogen-bond donors (Lipinski definition) is 3. The molecule has 62 heavy (non-hydrogen) atoms. The summed E-state index contributed by atoms with van der Waals surface area (Å²) in [6.45, 7) is 5.47. The Labute approximate surface area is 360 Å². The molecular formula is C48H56FN3O10. The summed E-state index contributed by atoms with van der Waals surface area (Å²) in [4.78, 5) is 71.4. The third kappa shape index (κ3) is 8.13. The number of hydrogen-bond acceptors (Lipinski definition) is 12. The molecule has 0 radical (unpaired) electrons. The Hall–Kier alpha value is -5.15. The Balaban J connectivity index is 0.932. The molecule has 2 aromatic carbocycles. The number of likely N-dealkylation sites (N-methyl/N-ethyl adjacent to an activating group) is 1. The van der Waals surface area contributed by atoms with Crippen LogP contribution in [0.1, 0.15) is 89.8 Å². The van der Waals surface area contributed by atoms with E-state index in [0.29, 0.717) is 36.1 Å². The fourth-order valence-corrected chi connectivity index (χ4v) is 10.9. The number of rotatable bonds is 14. The standard InChI is InChI=1S/C48H56FN3O10/c1-44(2,59)62-47(21-18-36-37-14-12-33-24-35(53)17-20-45(33,3)48(37,49)38(54)25-46(36,47)4)39(55)28-61-41(57)16-15-40(56)60-27-29-7-9-30(10-8-29)42(52(5)6)43(58)51-34-13-11-32-26-50-22-19-31(32)23-34/h7-11,13,17,19-20,22-24,26,36-38,42,54,59H,12,14-16,18,21,25,27-28H2,1-6H3,(H,51,58)/t36-,37-,38-,42?,45-,46-,47-,48-/m0/s1. The van der Waals surface area contributed by atoms with Crippen LogP contribution in [0.25, 0.3) is 10.8 Å². The fourth-order valence-electron chi connectivity index (χ4n) is 10.9. The number of carbonyl (C=O) groups excluding carboxylic acids is 5. The lowest BCUT2D eigenvalue weighted by Gasteiger charge is -2.63. The number of fused-ring (bicyclic) bond motifs is 6. The zero-order valence-corrected chi connectivity index (χ0v) is 36.1. The molecule has 3 saturated carbocycles. The highest BCUT2D eigenvalue weighted by atomic mass is 19.1. The van der Waals surface area contributed by atoms with E-state index in [2.05, 4.69) is 10.3 Å². The Morgan fingerprint density at radius 3 is 2.39 bits per heavy atom. The second-order valence-electron chi connectivity index (χ2n) is 18.5. The molecule has 0 saturated heterocycles. The molecule has 4 aliphatic rings. The number of benzene rings is 2. The number of nitrogens with zero attached hydrogens (tertiary/aromatic N) is 2. The summed E-state index contributed by atoms with van der Waals surface area (Å²) in [5.74, 6) is -5.50. The highest BCUT2D eigenvalue weighted by Gasteiger charge is 2.75. The second-order valence-corrected chi connectivity index (χ2v) is 18.5. The van der Waals surface area contributed by atoms with E-state index in [4.69, 9.17) is 14.2 Å². The maximum Gasteiger partial charge on any atom is 0.306 e. The number of amides is 1. The van der Waals surface area contributed by atoms with E-state index in [-0.39, 0.29) is 44.0 Å². The van der Waals surface area contributed by atoms with Gasteiger partial charge in [-0.1, -0.05) is 48.9 Å². The van der Waals surface area contributed by atoms with Crippen molar-refractivity contribution in [3.8, 4) is 0 Å². The van der Waals surface area contributed by atoms with Gasteiger partial charge >= 0.3 is 11.9 Å². The van der Waals surface area contributed by atoms with Crippen LogP contribution in [-0.4, -0.2) is 93.4 Å². The van der Waals surface area contributed by atoms with Gasteiger partial charge in [-0.2, -0.15) is 0 Å². The number of alkyl halides is 1. The lowest BCUT2D eigenvalue weighted by molar-refractivity contribution is -0.286. The maximum atomic E-state index is 17.7. The quantitative estimate of drug-likeness (QED) is 0.122. The van der Waals surface area contributed by atoms with Gasteiger partial charge < -0.3 is 29.7 Å². The first kappa shape index (κ1) is 44.9. The first-order valence-electron chi connectivity index (χ1n) is 21.2. The van der Waals surface area contributed by atoms with Crippen LogP contribution < -0.4 is 5.32 Å². The Kier molecular flexibility index (Phi) is 12.2. The van der Waals surface area contributed by atoms with Crippen LogP contribution in [0.3, 0.4) is 0 Å². The predicted molar refractivity (Wildman–Crippen MR) is 227 cm³/mol. The number of anilines is 1. The van der Waals surface area contributed by atoms with Gasteiger partial charge in [0, 0.05) is 40.2 Å². The van der Waals surface area contributed by atoms with Crippen LogP contribution in [0.15, 0.2) is 84.7 Å². The smallest absolute Gasteiger partial charge is 0.306 e. The molecule has 13 nitrogen and oxygen atoms in total. The molecule has 4 aliphatic carbocycles. The summed E-state index contributed by atoms with van der Waals surface area (Å²) >= 11 is 0. The van der Waals surface area contributed by atoms with Crippen LogP contribution in [0.2, 0.25) is 0 Å². The number of aliphatic hydroxyl groups is 2. The van der Waals surface area contributed by atoms with Crippen molar-refractivity contribution < 1.29 is 52.8 Å². The lowest BCUT2D eigenvalue weighted by Crippen LogP contribution is -2.70. The van der Waals surface area contributed by atoms with E-state index in [1.54, 1.807) is 75.6 Å². The molecule has 1 amide bonds. The van der Waals surface area contributed by atoms with E-state index in [0.717, 1.165) is 16.3 Å². The monoisotopic (exact) mass is 853 g/mol. The van der Waals surface area contributed by atoms with Crippen LogP contribution in [-0.2, 0) is 44.8 Å². The maximum absolute atomic E-state index is 17.7. The van der Waals surface area contributed by atoms with Crippen molar-refractivity contribution >= 4 is 45.9 Å². The van der Waals surface area contributed by atoms with E-state index < -0.39 is 76.2 Å². The van der Waals surface area contributed by atoms with Crippen molar-refractivity contribution in [3.63, 3.8) is 0 Å². The molecule has 14 heteroatoms. The van der Waals surface area contributed by atoms with E-state index in [1.165, 1.54) is 26.0 Å². The van der Waals surface area contributed by atoms with Crippen molar-refractivity contribution in [2.75, 3.05) is 26.0 Å². The number of pyridine rings is 1. The largest absolute Gasteiger partial charge is 0.461 e. The number of aliphatic hydroxyl groups excluding tert-OH is 1. The minimum atomic E-state index is -2.12. The van der Waals surface area contributed by atoms with E-state index in [1.807, 2.05) is 24.3 Å². The van der Waals surface area contributed by atoms with Crippen molar-refractivity contribution in [1.29, 1.82) is 0 Å². The summed E-state index contributed by atoms with van der Waals surface area (Å²) in [5, 5.41) is 27.6. The van der Waals surface area contributed by atoms with Crippen LogP contribution in [0.5, 0.6) is 0 Å². The van der Waals surface area contributed by atoms with Crippen molar-refractivity contribution in [3.05, 3.63) is 95.9 Å². The van der Waals surface area contributed by atoms with Crippen LogP contribution in [0, 0.1) is 22.7 Å². The normalized spacial score (nSPS) is 29.5. The number of carbonyl (C=O) groups is 5. The number of esters is 2. The lowest BCUT2D eigenvalue weighted by atomic mass is 9.44. The van der Waals surface area contributed by atoms with Gasteiger partial charge in [0.05, 0.1) is 18.9 Å². The summed E-state index contributed by atoms with van der Waals surface area (Å²) in [6.07, 6.45) is 6.69. The van der Waals surface area contributed by atoms with Gasteiger partial charge in [-0.3, -0.25) is 33.9 Å². The zero-order valence-electron chi connectivity index (χ0n) is 36.1. The van der Waals surface area contributed by atoms with Gasteiger partial charge in [0.1, 0.15) is 18.2 Å². The summed E-state index contributed by atoms with van der Waals surface area (Å²) in [6, 6.07) is 14.0. The molecule has 1 heterocycles. The van der Waals surface area contributed by atoms with Crippen LogP contribution in [0.4, 0.5) is 10.1 Å². The average Bonchev–Trinajstić information content (AvgIpc) is 3.49. The number of allylic oxidation sites excluding steroid dienone is 4. The Bertz CT molecular complexity index is 2320. The second kappa shape index (κ2) is 16.9. The van der Waals surface area contributed by atoms with E-state index >= 15 is 4.39 Å². The van der Waals surface area contributed by atoms with Crippen molar-refractivity contribution in [2.45, 2.75) is 108 Å². The van der Waals surface area contributed by atoms with Gasteiger partial charge in [-0.25, -0.2) is 4.39 Å². The van der Waals surface area contributed by atoms with Crippen molar-refractivity contribution in [2.24, 2.45) is 22.7 Å². The van der Waals surface area contributed by atoms with Gasteiger partial charge in [-0.05, 0) is 120 Å².